The van der Waals surface area contributed by atoms with Crippen LogP contribution in [-0.2, 0) is 11.3 Å². The van der Waals surface area contributed by atoms with Crippen LogP contribution in [0.15, 0.2) is 53.7 Å². The number of carbonyl (C=O) groups is 1. The summed E-state index contributed by atoms with van der Waals surface area (Å²) in [7, 11) is 0. The fourth-order valence-electron chi connectivity index (χ4n) is 2.51. The van der Waals surface area contributed by atoms with E-state index in [0.29, 0.717) is 11.7 Å². The molecular formula is C19H21N5OS. The van der Waals surface area contributed by atoms with Crippen molar-refractivity contribution in [1.29, 1.82) is 0 Å². The van der Waals surface area contributed by atoms with E-state index in [1.54, 1.807) is 4.68 Å². The maximum atomic E-state index is 12.4. The molecular weight excluding hydrogens is 346 g/mol. The summed E-state index contributed by atoms with van der Waals surface area (Å²) in [6, 6.07) is 15.8. The van der Waals surface area contributed by atoms with E-state index in [2.05, 4.69) is 33.8 Å². The third kappa shape index (κ3) is 4.11. The molecule has 0 bridgehead atoms. The summed E-state index contributed by atoms with van der Waals surface area (Å²) in [6.07, 6.45) is 0. The highest BCUT2D eigenvalue weighted by molar-refractivity contribution is 8.00. The zero-order valence-corrected chi connectivity index (χ0v) is 15.8. The molecule has 0 saturated heterocycles. The number of benzene rings is 2. The van der Waals surface area contributed by atoms with Crippen molar-refractivity contribution in [3.8, 4) is 5.69 Å². The predicted molar refractivity (Wildman–Crippen MR) is 102 cm³/mol. The first-order valence-corrected chi connectivity index (χ1v) is 9.27. The molecule has 0 aliphatic rings. The Morgan fingerprint density at radius 2 is 1.92 bits per heavy atom. The standard InChI is InChI=1S/C19H21N5OS/c1-13-8-7-11-17(14(13)2)24-19(21-22-23-24)26-15(3)18(25)20-12-16-9-5-4-6-10-16/h4-11,15H,12H2,1-3H3,(H,20,25)/t15-/m0/s1. The first kappa shape index (κ1) is 18.1. The Bertz CT molecular complexity index is 894. The van der Waals surface area contributed by atoms with Gasteiger partial charge >= 0.3 is 0 Å². The van der Waals surface area contributed by atoms with Crippen molar-refractivity contribution in [1.82, 2.24) is 25.5 Å². The van der Waals surface area contributed by atoms with Crippen LogP contribution in [-0.4, -0.2) is 31.4 Å². The maximum absolute atomic E-state index is 12.4. The number of hydrogen-bond acceptors (Lipinski definition) is 5. The maximum Gasteiger partial charge on any atom is 0.233 e. The van der Waals surface area contributed by atoms with Crippen molar-refractivity contribution < 1.29 is 4.79 Å². The zero-order valence-electron chi connectivity index (χ0n) is 15.0. The summed E-state index contributed by atoms with van der Waals surface area (Å²) in [5, 5.41) is 15.2. The molecule has 2 aromatic carbocycles. The lowest BCUT2D eigenvalue weighted by atomic mass is 10.1. The topological polar surface area (TPSA) is 72.7 Å². The van der Waals surface area contributed by atoms with Crippen LogP contribution in [0.4, 0.5) is 0 Å². The van der Waals surface area contributed by atoms with Crippen LogP contribution in [0.1, 0.15) is 23.6 Å². The first-order chi connectivity index (χ1) is 12.6. The van der Waals surface area contributed by atoms with Gasteiger partial charge in [-0.25, -0.2) is 0 Å². The Morgan fingerprint density at radius 3 is 2.69 bits per heavy atom. The minimum atomic E-state index is -0.312. The zero-order chi connectivity index (χ0) is 18.5. The van der Waals surface area contributed by atoms with Gasteiger partial charge in [0.05, 0.1) is 10.9 Å². The van der Waals surface area contributed by atoms with E-state index in [0.717, 1.165) is 16.8 Å². The molecule has 1 heterocycles. The molecule has 7 heteroatoms. The van der Waals surface area contributed by atoms with Gasteiger partial charge in [0, 0.05) is 6.54 Å². The van der Waals surface area contributed by atoms with E-state index in [1.807, 2.05) is 56.3 Å². The Kier molecular flexibility index (Phi) is 5.68. The van der Waals surface area contributed by atoms with Crippen molar-refractivity contribution in [2.45, 2.75) is 37.7 Å². The highest BCUT2D eigenvalue weighted by Crippen LogP contribution is 2.25. The number of hydrogen-bond donors (Lipinski definition) is 1. The Labute approximate surface area is 157 Å². The lowest BCUT2D eigenvalue weighted by molar-refractivity contribution is -0.120. The van der Waals surface area contributed by atoms with E-state index >= 15 is 0 Å². The number of carbonyl (C=O) groups excluding carboxylic acids is 1. The molecule has 0 fully saturated rings. The number of aromatic nitrogens is 4. The molecule has 134 valence electrons. The minimum Gasteiger partial charge on any atom is -0.351 e. The fraction of sp³-hybridized carbons (Fsp3) is 0.263. The second-order valence-corrected chi connectivity index (χ2v) is 7.36. The molecule has 1 N–H and O–H groups in total. The first-order valence-electron chi connectivity index (χ1n) is 8.39. The molecule has 0 spiro atoms. The molecule has 0 unspecified atom stereocenters. The predicted octanol–water partition coefficient (Wildman–Crippen LogP) is 3.08. The van der Waals surface area contributed by atoms with Gasteiger partial charge in [0.15, 0.2) is 0 Å². The van der Waals surface area contributed by atoms with Crippen molar-refractivity contribution in [3.05, 3.63) is 65.2 Å². The molecule has 0 saturated carbocycles. The lowest BCUT2D eigenvalue weighted by Crippen LogP contribution is -2.30. The lowest BCUT2D eigenvalue weighted by Gasteiger charge is -2.13. The van der Waals surface area contributed by atoms with Gasteiger partial charge in [-0.3, -0.25) is 4.79 Å². The van der Waals surface area contributed by atoms with Crippen LogP contribution in [0.2, 0.25) is 0 Å². The van der Waals surface area contributed by atoms with E-state index in [4.69, 9.17) is 0 Å². The Balaban J connectivity index is 1.68. The van der Waals surface area contributed by atoms with Crippen molar-refractivity contribution in [2.24, 2.45) is 0 Å². The monoisotopic (exact) mass is 367 g/mol. The van der Waals surface area contributed by atoms with Gasteiger partial charge in [0.25, 0.3) is 0 Å². The van der Waals surface area contributed by atoms with Crippen molar-refractivity contribution in [3.63, 3.8) is 0 Å². The SMILES string of the molecule is Cc1cccc(-n2nnnc2S[C@@H](C)C(=O)NCc2ccccc2)c1C. The second-order valence-electron chi connectivity index (χ2n) is 6.06. The van der Waals surface area contributed by atoms with Crippen LogP contribution in [0, 0.1) is 13.8 Å². The summed E-state index contributed by atoms with van der Waals surface area (Å²) >= 11 is 1.34. The molecule has 0 aliphatic heterocycles. The van der Waals surface area contributed by atoms with Gasteiger partial charge < -0.3 is 5.32 Å². The average molecular weight is 367 g/mol. The van der Waals surface area contributed by atoms with E-state index in [-0.39, 0.29) is 11.2 Å². The van der Waals surface area contributed by atoms with E-state index in [9.17, 15) is 4.79 Å². The minimum absolute atomic E-state index is 0.0469. The number of nitrogens with one attached hydrogen (secondary N) is 1. The van der Waals surface area contributed by atoms with Crippen LogP contribution < -0.4 is 5.32 Å². The summed E-state index contributed by atoms with van der Waals surface area (Å²) < 4.78 is 1.69. The molecule has 0 aliphatic carbocycles. The van der Waals surface area contributed by atoms with Crippen molar-refractivity contribution in [2.75, 3.05) is 0 Å². The number of rotatable bonds is 6. The molecule has 26 heavy (non-hydrogen) atoms. The quantitative estimate of drug-likeness (QED) is 0.678. The number of tetrazole rings is 1. The number of thioether (sulfide) groups is 1. The van der Waals surface area contributed by atoms with Crippen LogP contribution >= 0.6 is 11.8 Å². The smallest absolute Gasteiger partial charge is 0.233 e. The summed E-state index contributed by atoms with van der Waals surface area (Å²) in [4.78, 5) is 12.4. The third-order valence-electron chi connectivity index (χ3n) is 4.21. The molecule has 6 nitrogen and oxygen atoms in total. The van der Waals surface area contributed by atoms with Crippen LogP contribution in [0.5, 0.6) is 0 Å². The molecule has 1 atom stereocenters. The molecule has 1 aromatic heterocycles. The second kappa shape index (κ2) is 8.14. The highest BCUT2D eigenvalue weighted by Gasteiger charge is 2.19. The number of nitrogens with zero attached hydrogens (tertiary/aromatic N) is 4. The number of amides is 1. The largest absolute Gasteiger partial charge is 0.351 e. The Hall–Kier alpha value is -2.67. The highest BCUT2D eigenvalue weighted by atomic mass is 32.2. The van der Waals surface area contributed by atoms with Gasteiger partial charge in [0.1, 0.15) is 0 Å². The molecule has 1 amide bonds. The van der Waals surface area contributed by atoms with Crippen molar-refractivity contribution >= 4 is 17.7 Å². The van der Waals surface area contributed by atoms with Gasteiger partial charge in [-0.1, -0.05) is 54.2 Å². The van der Waals surface area contributed by atoms with E-state index < -0.39 is 0 Å². The summed E-state index contributed by atoms with van der Waals surface area (Å²) in [5.74, 6) is -0.0469. The third-order valence-corrected chi connectivity index (χ3v) is 5.24. The molecule has 3 aromatic rings. The Morgan fingerprint density at radius 1 is 1.15 bits per heavy atom. The van der Waals surface area contributed by atoms with Gasteiger partial charge in [-0.15, -0.1) is 5.10 Å². The molecule has 3 rings (SSSR count). The van der Waals surface area contributed by atoms with Crippen LogP contribution in [0.25, 0.3) is 5.69 Å². The number of aryl methyl sites for hydroxylation is 1. The summed E-state index contributed by atoms with van der Waals surface area (Å²) in [5.41, 5.74) is 4.28. The fourth-order valence-corrected chi connectivity index (χ4v) is 3.33. The van der Waals surface area contributed by atoms with Gasteiger partial charge in [0.2, 0.25) is 11.1 Å². The van der Waals surface area contributed by atoms with E-state index in [1.165, 1.54) is 17.3 Å². The normalized spacial score (nSPS) is 12.0. The van der Waals surface area contributed by atoms with Gasteiger partial charge in [-0.2, -0.15) is 4.68 Å². The molecule has 0 radical (unpaired) electrons. The average Bonchev–Trinajstić information content (AvgIpc) is 3.10. The van der Waals surface area contributed by atoms with Crippen LogP contribution in [0.3, 0.4) is 0 Å². The summed E-state index contributed by atoms with van der Waals surface area (Å²) in [6.45, 7) is 6.45. The van der Waals surface area contributed by atoms with Gasteiger partial charge in [-0.05, 0) is 54.0 Å².